The molecule has 0 saturated carbocycles. The molecule has 0 spiro atoms. The first-order valence-corrected chi connectivity index (χ1v) is 6.18. The molecule has 0 fully saturated rings. The van der Waals surface area contributed by atoms with Crippen molar-refractivity contribution in [2.24, 2.45) is 11.5 Å². The first-order chi connectivity index (χ1) is 7.75. The molecule has 4 N–H and O–H groups in total. The fourth-order valence-corrected chi connectivity index (χ4v) is 1.48. The summed E-state index contributed by atoms with van der Waals surface area (Å²) in [5.41, 5.74) is 10.1. The molecule has 0 rings (SSSR count). The van der Waals surface area contributed by atoms with E-state index in [4.69, 9.17) is 11.5 Å². The Morgan fingerprint density at radius 3 is 2.18 bits per heavy atom. The van der Waals surface area contributed by atoms with Crippen LogP contribution in [0.1, 0.15) is 26.2 Å². The molecule has 0 bridgehead atoms. The average Bonchev–Trinajstić information content (AvgIpc) is 2.21. The first-order valence-electron chi connectivity index (χ1n) is 6.18. The largest absolute Gasteiger partial charge is 0.368 e. The van der Waals surface area contributed by atoms with Crippen molar-refractivity contribution >= 4 is 5.91 Å². The molecule has 0 aliphatic heterocycles. The maximum Gasteiger partial charge on any atom is 0.237 e. The fraction of sp³-hybridized carbons (Fsp3) is 0.917. The lowest BCUT2D eigenvalue weighted by Crippen LogP contribution is -2.49. The number of carbonyl (C=O) groups excluding carboxylic acids is 1. The summed E-state index contributed by atoms with van der Waals surface area (Å²) in [7, 11) is 6.25. The Balaban J connectivity index is 3.61. The number of amides is 1. The van der Waals surface area contributed by atoms with Crippen molar-refractivity contribution in [3.05, 3.63) is 0 Å². The number of rotatable bonds is 9. The molecule has 0 heterocycles. The van der Waals surface area contributed by atoms with Crippen molar-refractivity contribution in [2.45, 2.75) is 31.7 Å². The van der Waals surface area contributed by atoms with E-state index in [-0.39, 0.29) is 0 Å². The van der Waals surface area contributed by atoms with Crippen LogP contribution in [0, 0.1) is 0 Å². The number of nitrogens with two attached hydrogens (primary N) is 2. The van der Waals surface area contributed by atoms with Gasteiger partial charge in [-0.15, -0.1) is 0 Å². The van der Waals surface area contributed by atoms with Gasteiger partial charge < -0.3 is 21.3 Å². The molecule has 17 heavy (non-hydrogen) atoms. The van der Waals surface area contributed by atoms with Crippen LogP contribution in [0.25, 0.3) is 0 Å². The molecule has 0 aromatic rings. The van der Waals surface area contributed by atoms with Crippen molar-refractivity contribution in [2.75, 3.05) is 40.8 Å². The molecule has 1 atom stereocenters. The third-order valence-electron chi connectivity index (χ3n) is 2.98. The van der Waals surface area contributed by atoms with Gasteiger partial charge in [0.25, 0.3) is 0 Å². The molecule has 5 heteroatoms. The lowest BCUT2D eigenvalue weighted by molar-refractivity contribution is -0.122. The Labute approximate surface area is 105 Å². The van der Waals surface area contributed by atoms with E-state index in [9.17, 15) is 4.79 Å². The van der Waals surface area contributed by atoms with Crippen LogP contribution >= 0.6 is 0 Å². The Morgan fingerprint density at radius 1 is 1.12 bits per heavy atom. The molecule has 1 unspecified atom stereocenters. The predicted octanol–water partition coefficient (Wildman–Crippen LogP) is -0.147. The predicted molar refractivity (Wildman–Crippen MR) is 71.7 cm³/mol. The van der Waals surface area contributed by atoms with Crippen LogP contribution in [0.3, 0.4) is 0 Å². The van der Waals surface area contributed by atoms with E-state index in [1.165, 1.54) is 0 Å². The van der Waals surface area contributed by atoms with Crippen LogP contribution in [0.4, 0.5) is 0 Å². The van der Waals surface area contributed by atoms with Gasteiger partial charge in [-0.25, -0.2) is 0 Å². The van der Waals surface area contributed by atoms with E-state index in [1.54, 1.807) is 6.92 Å². The quantitative estimate of drug-likeness (QED) is 0.553. The van der Waals surface area contributed by atoms with Gasteiger partial charge in [-0.2, -0.15) is 0 Å². The number of hydrogen-bond donors (Lipinski definition) is 2. The van der Waals surface area contributed by atoms with Crippen molar-refractivity contribution in [3.63, 3.8) is 0 Å². The Kier molecular flexibility index (Phi) is 7.34. The highest BCUT2D eigenvalue weighted by Crippen LogP contribution is 2.10. The van der Waals surface area contributed by atoms with Gasteiger partial charge in [-0.3, -0.25) is 4.79 Å². The van der Waals surface area contributed by atoms with Crippen LogP contribution in [0.2, 0.25) is 0 Å². The summed E-state index contributed by atoms with van der Waals surface area (Å²) in [4.78, 5) is 15.5. The molecule has 0 saturated heterocycles. The highest BCUT2D eigenvalue weighted by Gasteiger charge is 2.24. The second-order valence-electron chi connectivity index (χ2n) is 5.35. The molecule has 0 radical (unpaired) electrons. The third kappa shape index (κ3) is 8.12. The summed E-state index contributed by atoms with van der Waals surface area (Å²) in [5.74, 6) is -0.418. The van der Waals surface area contributed by atoms with E-state index in [1.807, 2.05) is 0 Å². The van der Waals surface area contributed by atoms with Crippen LogP contribution in [0.5, 0.6) is 0 Å². The van der Waals surface area contributed by atoms with Gasteiger partial charge in [-0.05, 0) is 53.9 Å². The Bertz CT molecular complexity index is 229. The maximum atomic E-state index is 11.0. The summed E-state index contributed by atoms with van der Waals surface area (Å²) in [6.45, 7) is 4.85. The summed E-state index contributed by atoms with van der Waals surface area (Å²) in [6.07, 6.45) is 2.64. The van der Waals surface area contributed by atoms with E-state index >= 15 is 0 Å². The number of nitrogens with zero attached hydrogens (tertiary/aromatic N) is 2. The molecule has 0 aromatic carbocycles. The molecule has 0 aliphatic carbocycles. The molecular formula is C12H28N4O. The summed E-state index contributed by atoms with van der Waals surface area (Å²) < 4.78 is 0. The minimum absolute atomic E-state index is 0.418. The van der Waals surface area contributed by atoms with Gasteiger partial charge in [0.2, 0.25) is 5.91 Å². The zero-order valence-electron chi connectivity index (χ0n) is 11.7. The maximum absolute atomic E-state index is 11.0. The van der Waals surface area contributed by atoms with E-state index in [0.717, 1.165) is 32.5 Å². The van der Waals surface area contributed by atoms with Gasteiger partial charge in [0.1, 0.15) is 0 Å². The van der Waals surface area contributed by atoms with Crippen molar-refractivity contribution in [1.82, 2.24) is 9.80 Å². The lowest BCUT2D eigenvalue weighted by Gasteiger charge is -2.22. The second-order valence-corrected chi connectivity index (χ2v) is 5.35. The molecule has 5 nitrogen and oxygen atoms in total. The van der Waals surface area contributed by atoms with Gasteiger partial charge in [-0.1, -0.05) is 0 Å². The minimum Gasteiger partial charge on any atom is -0.368 e. The third-order valence-corrected chi connectivity index (χ3v) is 2.98. The fourth-order valence-electron chi connectivity index (χ4n) is 1.48. The van der Waals surface area contributed by atoms with Gasteiger partial charge >= 0.3 is 0 Å². The van der Waals surface area contributed by atoms with Crippen molar-refractivity contribution < 1.29 is 4.79 Å². The van der Waals surface area contributed by atoms with Gasteiger partial charge in [0.15, 0.2) is 0 Å². The van der Waals surface area contributed by atoms with Crippen LogP contribution < -0.4 is 11.5 Å². The van der Waals surface area contributed by atoms with Gasteiger partial charge in [0.05, 0.1) is 5.54 Å². The van der Waals surface area contributed by atoms with E-state index in [0.29, 0.717) is 6.42 Å². The number of primary amides is 1. The summed E-state index contributed by atoms with van der Waals surface area (Å²) in [6, 6.07) is 0. The Hall–Kier alpha value is -0.650. The van der Waals surface area contributed by atoms with E-state index < -0.39 is 11.4 Å². The highest BCUT2D eigenvalue weighted by molar-refractivity contribution is 5.83. The summed E-state index contributed by atoms with van der Waals surface area (Å²) >= 11 is 0. The SMILES string of the molecule is CN(C)CCN(C)CCCCC(C)(N)C(N)=O. The molecule has 102 valence electrons. The zero-order chi connectivity index (χ0) is 13.5. The number of carbonyl (C=O) groups is 1. The van der Waals surface area contributed by atoms with Crippen molar-refractivity contribution in [1.29, 1.82) is 0 Å². The van der Waals surface area contributed by atoms with Crippen molar-refractivity contribution in [3.8, 4) is 0 Å². The first kappa shape index (κ1) is 16.4. The number of unbranched alkanes of at least 4 members (excludes halogenated alkanes) is 1. The van der Waals surface area contributed by atoms with Crippen LogP contribution in [-0.4, -0.2) is 62.0 Å². The topological polar surface area (TPSA) is 75.6 Å². The lowest BCUT2D eigenvalue weighted by atomic mass is 9.95. The number of hydrogen-bond acceptors (Lipinski definition) is 4. The molecule has 0 aliphatic rings. The summed E-state index contributed by atoms with van der Waals surface area (Å²) in [5, 5.41) is 0. The van der Waals surface area contributed by atoms with Crippen LogP contribution in [0.15, 0.2) is 0 Å². The smallest absolute Gasteiger partial charge is 0.237 e. The molecule has 0 aromatic heterocycles. The van der Waals surface area contributed by atoms with Crippen LogP contribution in [-0.2, 0) is 4.79 Å². The second kappa shape index (κ2) is 7.63. The normalized spacial score (nSPS) is 15.2. The minimum atomic E-state index is -0.859. The zero-order valence-corrected chi connectivity index (χ0v) is 11.7. The number of likely N-dealkylation sites (N-methyl/N-ethyl adjacent to an activating group) is 2. The molecule has 1 amide bonds. The molecular weight excluding hydrogens is 216 g/mol. The standard InChI is InChI=1S/C12H28N4O/c1-12(14,11(13)17)7-5-6-8-16(4)10-9-15(2)3/h5-10,14H2,1-4H3,(H2,13,17). The Morgan fingerprint density at radius 2 is 1.71 bits per heavy atom. The highest BCUT2D eigenvalue weighted by atomic mass is 16.1. The monoisotopic (exact) mass is 244 g/mol. The van der Waals surface area contributed by atoms with Gasteiger partial charge in [0, 0.05) is 13.1 Å². The van der Waals surface area contributed by atoms with E-state index in [2.05, 4.69) is 30.9 Å². The average molecular weight is 244 g/mol.